The first-order valence-electron chi connectivity index (χ1n) is 7.26. The molecule has 0 radical (unpaired) electrons. The molecular weight excluding hydrogens is 348 g/mol. The second kappa shape index (κ2) is 7.09. The second-order valence-electron chi connectivity index (χ2n) is 5.14. The van der Waals surface area contributed by atoms with Crippen molar-refractivity contribution in [1.29, 1.82) is 0 Å². The van der Waals surface area contributed by atoms with Crippen molar-refractivity contribution in [2.45, 2.75) is 6.42 Å². The predicted octanol–water partition coefficient (Wildman–Crippen LogP) is 3.39. The lowest BCUT2D eigenvalue weighted by molar-refractivity contribution is -0.132. The van der Waals surface area contributed by atoms with Crippen molar-refractivity contribution < 1.29 is 27.9 Å². The van der Waals surface area contributed by atoms with Crippen LogP contribution < -0.4 is 4.74 Å². The van der Waals surface area contributed by atoms with E-state index in [-0.39, 0.29) is 35.2 Å². The smallest absolute Gasteiger partial charge is 0.331 e. The molecule has 0 amide bonds. The number of hydrogen-bond acceptors (Lipinski definition) is 6. The summed E-state index contributed by atoms with van der Waals surface area (Å²) in [5.41, 5.74) is -0.152. The number of benzene rings is 1. The van der Waals surface area contributed by atoms with Crippen molar-refractivity contribution in [3.05, 3.63) is 66.2 Å². The summed E-state index contributed by atoms with van der Waals surface area (Å²) >= 11 is 0. The van der Waals surface area contributed by atoms with Gasteiger partial charge >= 0.3 is 5.97 Å². The van der Waals surface area contributed by atoms with Crippen LogP contribution in [-0.4, -0.2) is 26.2 Å². The van der Waals surface area contributed by atoms with Crippen molar-refractivity contribution in [2.24, 2.45) is 0 Å². The van der Waals surface area contributed by atoms with Gasteiger partial charge in [-0.2, -0.15) is 4.98 Å². The van der Waals surface area contributed by atoms with E-state index in [2.05, 4.69) is 21.7 Å². The van der Waals surface area contributed by atoms with Gasteiger partial charge in [0.05, 0.1) is 6.42 Å². The summed E-state index contributed by atoms with van der Waals surface area (Å²) in [5, 5.41) is 12.4. The molecule has 0 aliphatic carbocycles. The van der Waals surface area contributed by atoms with E-state index in [1.807, 2.05) is 0 Å². The van der Waals surface area contributed by atoms with E-state index in [4.69, 9.17) is 14.4 Å². The summed E-state index contributed by atoms with van der Waals surface area (Å²) < 4.78 is 38.5. The molecule has 1 aromatic carbocycles. The van der Waals surface area contributed by atoms with E-state index in [1.165, 1.54) is 12.3 Å². The van der Waals surface area contributed by atoms with Gasteiger partial charge < -0.3 is 14.4 Å². The lowest BCUT2D eigenvalue weighted by Gasteiger charge is -2.07. The van der Waals surface area contributed by atoms with E-state index in [0.29, 0.717) is 0 Å². The fourth-order valence-corrected chi connectivity index (χ4v) is 2.00. The topological polar surface area (TPSA) is 98.3 Å². The van der Waals surface area contributed by atoms with Crippen molar-refractivity contribution in [1.82, 2.24) is 15.1 Å². The maximum absolute atomic E-state index is 14.2. The van der Waals surface area contributed by atoms with Crippen LogP contribution in [0.2, 0.25) is 0 Å². The van der Waals surface area contributed by atoms with Gasteiger partial charge in [0, 0.05) is 23.4 Å². The van der Waals surface area contributed by atoms with Gasteiger partial charge in [-0.1, -0.05) is 17.8 Å². The monoisotopic (exact) mass is 359 g/mol. The summed E-state index contributed by atoms with van der Waals surface area (Å²) in [6, 6.07) is 6.64. The van der Waals surface area contributed by atoms with Gasteiger partial charge in [0.1, 0.15) is 0 Å². The molecule has 0 atom stereocenters. The third-order valence-electron chi connectivity index (χ3n) is 3.24. The van der Waals surface area contributed by atoms with Gasteiger partial charge in [0.15, 0.2) is 11.6 Å². The number of halogens is 2. The molecule has 1 N–H and O–H groups in total. The zero-order valence-electron chi connectivity index (χ0n) is 13.1. The maximum Gasteiger partial charge on any atom is 0.331 e. The normalized spacial score (nSPS) is 10.5. The first-order chi connectivity index (χ1) is 12.4. The van der Waals surface area contributed by atoms with Crippen LogP contribution in [0.1, 0.15) is 5.89 Å². The van der Waals surface area contributed by atoms with Crippen molar-refractivity contribution in [3.8, 4) is 23.0 Å². The van der Waals surface area contributed by atoms with Gasteiger partial charge in [0.25, 0.3) is 0 Å². The highest BCUT2D eigenvalue weighted by Gasteiger charge is 2.18. The van der Waals surface area contributed by atoms with E-state index in [9.17, 15) is 13.6 Å². The number of hydrogen-bond donors (Lipinski definition) is 1. The summed E-state index contributed by atoms with van der Waals surface area (Å²) in [5.74, 6) is -3.89. The first-order valence-corrected chi connectivity index (χ1v) is 7.26. The minimum atomic E-state index is -1.21. The summed E-state index contributed by atoms with van der Waals surface area (Å²) in [6.45, 7) is 3.34. The third kappa shape index (κ3) is 3.72. The quantitative estimate of drug-likeness (QED) is 0.674. The van der Waals surface area contributed by atoms with Gasteiger partial charge in [-0.3, -0.25) is 0 Å². The molecule has 0 aliphatic heterocycles. The Labute approximate surface area is 145 Å². The molecular formula is C17H11F2N3O4. The molecule has 0 saturated heterocycles. The van der Waals surface area contributed by atoms with Crippen molar-refractivity contribution in [3.63, 3.8) is 0 Å². The zero-order chi connectivity index (χ0) is 18.7. The number of ether oxygens (including phenoxy) is 1. The molecule has 3 aromatic rings. The van der Waals surface area contributed by atoms with Crippen LogP contribution >= 0.6 is 0 Å². The number of pyridine rings is 1. The Morgan fingerprint density at radius 2 is 2.00 bits per heavy atom. The fourth-order valence-electron chi connectivity index (χ4n) is 2.00. The molecule has 9 heteroatoms. The minimum absolute atomic E-state index is 0.00399. The average molecular weight is 359 g/mol. The number of aliphatic carboxylic acids is 1. The standard InChI is InChI=1S/C17H11F2N3O4/c1-9(17(23)24)6-14-21-16(22-26-14)10-7-11(18)15(12(19)8-10)25-13-4-2-3-5-20-13/h2-5,7-8H,1,6H2,(H,23,24). The molecule has 0 saturated carbocycles. The maximum atomic E-state index is 14.2. The SMILES string of the molecule is C=C(Cc1nc(-c2cc(F)c(Oc3ccccn3)c(F)c2)no1)C(=O)O. The molecule has 2 aromatic heterocycles. The zero-order valence-corrected chi connectivity index (χ0v) is 13.1. The Bertz CT molecular complexity index is 950. The van der Waals surface area contributed by atoms with Gasteiger partial charge in [-0.15, -0.1) is 0 Å². The molecule has 3 rings (SSSR count). The molecule has 0 fully saturated rings. The molecule has 0 bridgehead atoms. The van der Waals surface area contributed by atoms with E-state index in [0.717, 1.165) is 12.1 Å². The number of aromatic nitrogens is 3. The molecule has 0 unspecified atom stereocenters. The van der Waals surface area contributed by atoms with Crippen LogP contribution in [0.4, 0.5) is 8.78 Å². The summed E-state index contributed by atoms with van der Waals surface area (Å²) in [4.78, 5) is 18.5. The number of carboxylic acids is 1. The highest BCUT2D eigenvalue weighted by atomic mass is 19.1. The molecule has 0 spiro atoms. The van der Waals surface area contributed by atoms with Gasteiger partial charge in [0.2, 0.25) is 23.3 Å². The Hall–Kier alpha value is -3.62. The van der Waals surface area contributed by atoms with E-state index < -0.39 is 23.4 Å². The Balaban J connectivity index is 1.85. The van der Waals surface area contributed by atoms with Crippen molar-refractivity contribution in [2.75, 3.05) is 0 Å². The Kier molecular flexibility index (Phi) is 4.70. The van der Waals surface area contributed by atoms with Gasteiger partial charge in [-0.05, 0) is 18.2 Å². The van der Waals surface area contributed by atoms with Crippen LogP contribution in [0.5, 0.6) is 11.6 Å². The number of nitrogens with zero attached hydrogens (tertiary/aromatic N) is 3. The Morgan fingerprint density at radius 3 is 2.62 bits per heavy atom. The lowest BCUT2D eigenvalue weighted by atomic mass is 10.2. The molecule has 7 nitrogen and oxygen atoms in total. The minimum Gasteiger partial charge on any atom is -0.478 e. The van der Waals surface area contributed by atoms with Crippen LogP contribution in [0, 0.1) is 11.6 Å². The molecule has 26 heavy (non-hydrogen) atoms. The number of rotatable bonds is 6. The Morgan fingerprint density at radius 1 is 1.27 bits per heavy atom. The highest BCUT2D eigenvalue weighted by Crippen LogP contribution is 2.30. The predicted molar refractivity (Wildman–Crippen MR) is 84.4 cm³/mol. The van der Waals surface area contributed by atoms with Crippen molar-refractivity contribution >= 4 is 5.97 Å². The lowest BCUT2D eigenvalue weighted by Crippen LogP contribution is -2.02. The largest absolute Gasteiger partial charge is 0.478 e. The van der Waals surface area contributed by atoms with E-state index >= 15 is 0 Å². The van der Waals surface area contributed by atoms with Crippen LogP contribution in [-0.2, 0) is 11.2 Å². The van der Waals surface area contributed by atoms with Crippen LogP contribution in [0.15, 0.2) is 53.2 Å². The second-order valence-corrected chi connectivity index (χ2v) is 5.14. The van der Waals surface area contributed by atoms with Gasteiger partial charge in [-0.25, -0.2) is 18.6 Å². The van der Waals surface area contributed by atoms with E-state index in [1.54, 1.807) is 12.1 Å². The van der Waals surface area contributed by atoms with Crippen LogP contribution in [0.3, 0.4) is 0 Å². The number of carboxylic acid groups (broad SMARTS) is 1. The summed E-state index contributed by atoms with van der Waals surface area (Å²) in [6.07, 6.45) is 1.24. The average Bonchev–Trinajstić information content (AvgIpc) is 3.07. The fraction of sp³-hybridized carbons (Fsp3) is 0.0588. The highest BCUT2D eigenvalue weighted by molar-refractivity contribution is 5.86. The molecule has 132 valence electrons. The molecule has 2 heterocycles. The first kappa shape index (κ1) is 17.2. The number of carbonyl (C=O) groups is 1. The third-order valence-corrected chi connectivity index (χ3v) is 3.24. The molecule has 0 aliphatic rings. The summed E-state index contributed by atoms with van der Waals surface area (Å²) in [7, 11) is 0. The van der Waals surface area contributed by atoms with Crippen LogP contribution in [0.25, 0.3) is 11.4 Å².